The van der Waals surface area contributed by atoms with E-state index in [-0.39, 0.29) is 47.3 Å². The van der Waals surface area contributed by atoms with Gasteiger partial charge >= 0.3 is 19.3 Å². The number of carbonyl (C=O) groups excluding carboxylic acids is 4. The van der Waals surface area contributed by atoms with Crippen molar-refractivity contribution in [2.75, 3.05) is 20.1 Å². The fourth-order valence-corrected chi connectivity index (χ4v) is 7.44. The Morgan fingerprint density at radius 2 is 1.89 bits per heavy atom. The van der Waals surface area contributed by atoms with Crippen LogP contribution in [0, 0.1) is 5.92 Å². The van der Waals surface area contributed by atoms with Gasteiger partial charge < -0.3 is 41.3 Å². The second kappa shape index (κ2) is 14.3. The number of allylic oxidation sites excluding steroid dienone is 1. The zero-order chi connectivity index (χ0) is 34.8. The average molecular weight is 699 g/mol. The van der Waals surface area contributed by atoms with E-state index in [4.69, 9.17) is 15.5 Å². The van der Waals surface area contributed by atoms with Gasteiger partial charge in [0.15, 0.2) is 0 Å². The highest BCUT2D eigenvalue weighted by Gasteiger charge is 2.50. The van der Waals surface area contributed by atoms with Gasteiger partial charge in [-0.15, -0.1) is 11.3 Å². The van der Waals surface area contributed by atoms with Gasteiger partial charge in [-0.1, -0.05) is 26.5 Å². The minimum absolute atomic E-state index is 0.0477. The molecule has 0 unspecified atom stereocenters. The van der Waals surface area contributed by atoms with Crippen molar-refractivity contribution in [1.82, 2.24) is 25.8 Å². The summed E-state index contributed by atoms with van der Waals surface area (Å²) in [5.74, 6) is -1.48. The number of carbonyl (C=O) groups is 4. The van der Waals surface area contributed by atoms with Crippen molar-refractivity contribution >= 4 is 52.8 Å². The van der Waals surface area contributed by atoms with Crippen LogP contribution in [0.25, 0.3) is 10.1 Å². The van der Waals surface area contributed by atoms with E-state index in [2.05, 4.69) is 22.5 Å². The van der Waals surface area contributed by atoms with Crippen molar-refractivity contribution in [3.63, 3.8) is 0 Å². The summed E-state index contributed by atoms with van der Waals surface area (Å²) in [6.45, 7) is 7.75. The first-order chi connectivity index (χ1) is 21.9. The lowest BCUT2D eigenvalue weighted by atomic mass is 9.98. The molecule has 47 heavy (non-hydrogen) atoms. The van der Waals surface area contributed by atoms with Gasteiger partial charge in [0.1, 0.15) is 12.1 Å². The molecule has 0 saturated carbocycles. The molecule has 2 aliphatic rings. The first-order valence-corrected chi connectivity index (χ1v) is 17.7. The number of nitrogens with two attached hydrogens (primary N) is 1. The number of benzene rings is 1. The number of alkyl halides is 2. The quantitative estimate of drug-likeness (QED) is 0.204. The molecule has 2 aliphatic heterocycles. The summed E-state index contributed by atoms with van der Waals surface area (Å²) in [5.41, 5.74) is 0.916. The van der Waals surface area contributed by atoms with Gasteiger partial charge in [-0.25, -0.2) is 4.79 Å². The maximum absolute atomic E-state index is 14.3. The summed E-state index contributed by atoms with van der Waals surface area (Å²) in [6, 6.07) is 1.27. The van der Waals surface area contributed by atoms with Gasteiger partial charge in [-0.3, -0.25) is 18.9 Å². The number of urea groups is 1. The minimum atomic E-state index is -5.80. The Hall–Kier alpha value is -3.59. The zero-order valence-electron chi connectivity index (χ0n) is 26.4. The molecule has 7 N–H and O–H groups in total. The third-order valence-electron chi connectivity index (χ3n) is 8.66. The van der Waals surface area contributed by atoms with Gasteiger partial charge in [0.2, 0.25) is 11.8 Å². The molecule has 0 bridgehead atoms. The fraction of sp³-hybridized carbons (Fsp3) is 0.533. The van der Waals surface area contributed by atoms with Gasteiger partial charge in [-0.2, -0.15) is 8.78 Å². The molecule has 0 aliphatic carbocycles. The number of nitrogens with zero attached hydrogens (tertiary/aromatic N) is 2. The molecular formula is C30H41F2N6O7PS. The Balaban J connectivity index is 1.60. The van der Waals surface area contributed by atoms with Crippen molar-refractivity contribution in [3.8, 4) is 0 Å². The standard InChI is InChI=1S/C30H41F2N6O7PS/c1-16(2)21(8-5-17(3)33)35-26(39)23-9-7-20-11-12-37(29(42)34-4)15-22(28(41)38(20)23)36-27(40)25-14-18-13-19(6-10-24(18)47-25)30(31,32)46(43,44)45/h6,10,13-14,16,20-23H,3,5,7-9,11-12,15,33H2,1-2,4H3,(H,34,42)(H,35,39)(H,36,40)(H2,43,44,45)/t20-,21+,22+,23+/m1/s1. The average Bonchev–Trinajstić information content (AvgIpc) is 3.62. The van der Waals surface area contributed by atoms with E-state index in [1.54, 1.807) is 0 Å². The monoisotopic (exact) mass is 698 g/mol. The highest BCUT2D eigenvalue weighted by atomic mass is 32.1. The van der Waals surface area contributed by atoms with Crippen LogP contribution in [0.2, 0.25) is 0 Å². The van der Waals surface area contributed by atoms with Crippen LogP contribution >= 0.6 is 18.9 Å². The molecule has 1 aromatic carbocycles. The Morgan fingerprint density at radius 3 is 2.51 bits per heavy atom. The van der Waals surface area contributed by atoms with E-state index in [1.165, 1.54) is 29.0 Å². The molecule has 17 heteroatoms. The molecule has 0 radical (unpaired) electrons. The highest BCUT2D eigenvalue weighted by molar-refractivity contribution is 7.52. The van der Waals surface area contributed by atoms with Crippen LogP contribution in [0.1, 0.15) is 61.2 Å². The summed E-state index contributed by atoms with van der Waals surface area (Å²) in [7, 11) is -4.35. The number of hydrogen-bond donors (Lipinski definition) is 6. The SMILES string of the molecule is C=C(N)CC[C@H](NC(=O)[C@@H]1CC[C@@H]2CCN(C(=O)NC)C[C@H](NC(=O)c3cc4cc(C(F)(F)P(=O)(O)O)ccc4s3)C(=O)N21)C(C)C. The van der Waals surface area contributed by atoms with E-state index in [9.17, 15) is 32.5 Å². The normalized spacial score (nSPS) is 21.2. The van der Waals surface area contributed by atoms with Crippen molar-refractivity contribution in [1.29, 1.82) is 0 Å². The molecule has 4 atom stereocenters. The van der Waals surface area contributed by atoms with E-state index in [1.807, 2.05) is 13.8 Å². The Labute approximate surface area is 275 Å². The third-order valence-corrected chi connectivity index (χ3v) is 10.8. The van der Waals surface area contributed by atoms with Crippen LogP contribution in [0.5, 0.6) is 0 Å². The zero-order valence-corrected chi connectivity index (χ0v) is 28.1. The number of fused-ring (bicyclic) bond motifs is 2. The molecule has 1 aromatic heterocycles. The van der Waals surface area contributed by atoms with Crippen LogP contribution in [-0.4, -0.2) is 87.6 Å². The topological polar surface area (TPSA) is 194 Å². The van der Waals surface area contributed by atoms with Crippen molar-refractivity contribution in [2.45, 2.75) is 75.8 Å². The first kappa shape index (κ1) is 36.2. The summed E-state index contributed by atoms with van der Waals surface area (Å²) >= 11 is 0.936. The molecule has 2 saturated heterocycles. The van der Waals surface area contributed by atoms with Crippen LogP contribution in [-0.2, 0) is 19.8 Å². The third kappa shape index (κ3) is 7.94. The lowest BCUT2D eigenvalue weighted by molar-refractivity contribution is -0.143. The number of halogens is 2. The predicted molar refractivity (Wildman–Crippen MR) is 173 cm³/mol. The summed E-state index contributed by atoms with van der Waals surface area (Å²) < 4.78 is 40.4. The highest BCUT2D eigenvalue weighted by Crippen LogP contribution is 2.59. The summed E-state index contributed by atoms with van der Waals surface area (Å²) in [6.07, 6.45) is 2.46. The van der Waals surface area contributed by atoms with Crippen molar-refractivity contribution < 1.29 is 42.3 Å². The van der Waals surface area contributed by atoms with Crippen LogP contribution in [0.15, 0.2) is 36.5 Å². The molecular weight excluding hydrogens is 657 g/mol. The molecule has 2 aromatic rings. The number of thiophene rings is 1. The number of nitrogens with one attached hydrogen (secondary N) is 3. The minimum Gasteiger partial charge on any atom is -0.403 e. The van der Waals surface area contributed by atoms with Crippen molar-refractivity contribution in [3.05, 3.63) is 47.0 Å². The predicted octanol–water partition coefficient (Wildman–Crippen LogP) is 3.02. The molecule has 258 valence electrons. The largest absolute Gasteiger partial charge is 0.403 e. The molecule has 4 rings (SSSR count). The second-order valence-corrected chi connectivity index (χ2v) is 15.0. The van der Waals surface area contributed by atoms with Gasteiger partial charge in [0, 0.05) is 41.6 Å². The molecule has 3 heterocycles. The first-order valence-electron chi connectivity index (χ1n) is 15.3. The molecule has 13 nitrogen and oxygen atoms in total. The van der Waals surface area contributed by atoms with Gasteiger partial charge in [0.25, 0.3) is 5.91 Å². The Bertz CT molecular complexity index is 1600. The Morgan fingerprint density at radius 1 is 1.19 bits per heavy atom. The van der Waals surface area contributed by atoms with Crippen LogP contribution in [0.4, 0.5) is 13.6 Å². The lowest BCUT2D eigenvalue weighted by Crippen LogP contribution is -2.62. The van der Waals surface area contributed by atoms with E-state index in [0.29, 0.717) is 42.5 Å². The number of hydrogen-bond acceptors (Lipinski definition) is 7. The smallest absolute Gasteiger partial charge is 0.399 e. The van der Waals surface area contributed by atoms with E-state index in [0.717, 1.165) is 23.5 Å². The van der Waals surface area contributed by atoms with Crippen molar-refractivity contribution in [2.24, 2.45) is 11.7 Å². The maximum Gasteiger partial charge on any atom is 0.399 e. The van der Waals surface area contributed by atoms with E-state index < -0.39 is 48.8 Å². The maximum atomic E-state index is 14.3. The summed E-state index contributed by atoms with van der Waals surface area (Å²) in [4.78, 5) is 75.2. The molecule has 2 fully saturated rings. The number of rotatable bonds is 10. The fourth-order valence-electron chi connectivity index (χ4n) is 6.01. The lowest BCUT2D eigenvalue weighted by Gasteiger charge is -2.39. The summed E-state index contributed by atoms with van der Waals surface area (Å²) in [5, 5.41) is 8.45. The van der Waals surface area contributed by atoms with Crippen LogP contribution < -0.4 is 21.7 Å². The molecule has 0 spiro atoms. The van der Waals surface area contributed by atoms with E-state index >= 15 is 0 Å². The molecule has 5 amide bonds. The second-order valence-electron chi connectivity index (χ2n) is 12.3. The Kier molecular flexibility index (Phi) is 11.0. The number of amides is 5. The van der Waals surface area contributed by atoms with Gasteiger partial charge in [0.05, 0.1) is 11.4 Å². The van der Waals surface area contributed by atoms with Gasteiger partial charge in [-0.05, 0) is 61.6 Å². The van der Waals surface area contributed by atoms with Crippen LogP contribution in [0.3, 0.4) is 0 Å².